The van der Waals surface area contributed by atoms with Gasteiger partial charge < -0.3 is 5.11 Å². The van der Waals surface area contributed by atoms with Crippen LogP contribution in [0.3, 0.4) is 0 Å². The fourth-order valence-corrected chi connectivity index (χ4v) is 2.03. The molecule has 4 nitrogen and oxygen atoms in total. The zero-order chi connectivity index (χ0) is 13.7. The molecule has 4 heteroatoms. The quantitative estimate of drug-likeness (QED) is 0.893. The summed E-state index contributed by atoms with van der Waals surface area (Å²) in [6.45, 7) is 2.14. The molecule has 0 aliphatic heterocycles. The van der Waals surface area contributed by atoms with Crippen LogP contribution < -0.4 is 0 Å². The molecule has 98 valence electrons. The summed E-state index contributed by atoms with van der Waals surface area (Å²) in [4.78, 5) is 18.9. The molecule has 0 radical (unpaired) electrons. The topological polar surface area (TPSA) is 63.1 Å². The molecular formula is C15H16N2O2. The first-order valence-electron chi connectivity index (χ1n) is 6.30. The molecule has 0 bridgehead atoms. The van der Waals surface area contributed by atoms with Crippen LogP contribution in [0.25, 0.3) is 11.3 Å². The van der Waals surface area contributed by atoms with Gasteiger partial charge in [-0.25, -0.2) is 9.97 Å². The summed E-state index contributed by atoms with van der Waals surface area (Å²) in [7, 11) is 0. The smallest absolute Gasteiger partial charge is 0.307 e. The maximum atomic E-state index is 10.8. The standard InChI is InChI=1S/C15H16N2O2/c1-2-3-11-4-6-12(7-5-11)15-13(8-14(18)19)9-16-10-17-15/h4-7,9-10H,2-3,8H2,1H3,(H,18,19). The summed E-state index contributed by atoms with van der Waals surface area (Å²) in [5, 5.41) is 8.90. The van der Waals surface area contributed by atoms with Crippen molar-refractivity contribution in [1.29, 1.82) is 0 Å². The van der Waals surface area contributed by atoms with Gasteiger partial charge in [-0.2, -0.15) is 0 Å². The SMILES string of the molecule is CCCc1ccc(-c2ncncc2CC(=O)O)cc1. The highest BCUT2D eigenvalue weighted by Gasteiger charge is 2.10. The van der Waals surface area contributed by atoms with Crippen LogP contribution in [-0.4, -0.2) is 21.0 Å². The van der Waals surface area contributed by atoms with Crippen molar-refractivity contribution in [3.8, 4) is 11.3 Å². The molecule has 1 heterocycles. The lowest BCUT2D eigenvalue weighted by molar-refractivity contribution is -0.136. The molecule has 0 unspecified atom stereocenters. The van der Waals surface area contributed by atoms with E-state index in [1.165, 1.54) is 11.9 Å². The molecule has 2 aromatic rings. The summed E-state index contributed by atoms with van der Waals surface area (Å²) in [5.74, 6) is -0.876. The minimum atomic E-state index is -0.876. The molecule has 1 N–H and O–H groups in total. The Morgan fingerprint density at radius 1 is 1.26 bits per heavy atom. The van der Waals surface area contributed by atoms with E-state index < -0.39 is 5.97 Å². The van der Waals surface area contributed by atoms with Crippen LogP contribution in [0.1, 0.15) is 24.5 Å². The number of aromatic nitrogens is 2. The van der Waals surface area contributed by atoms with Gasteiger partial charge in [-0.05, 0) is 12.0 Å². The zero-order valence-corrected chi connectivity index (χ0v) is 10.8. The highest BCUT2D eigenvalue weighted by molar-refractivity contribution is 5.74. The summed E-state index contributed by atoms with van der Waals surface area (Å²) in [6, 6.07) is 8.09. The Morgan fingerprint density at radius 2 is 2.00 bits per heavy atom. The van der Waals surface area contributed by atoms with E-state index in [4.69, 9.17) is 5.11 Å². The maximum absolute atomic E-state index is 10.8. The Labute approximate surface area is 112 Å². The third kappa shape index (κ3) is 3.37. The number of hydrogen-bond acceptors (Lipinski definition) is 3. The lowest BCUT2D eigenvalue weighted by Gasteiger charge is -2.07. The fraction of sp³-hybridized carbons (Fsp3) is 0.267. The number of rotatable bonds is 5. The molecule has 0 atom stereocenters. The van der Waals surface area contributed by atoms with Gasteiger partial charge in [-0.1, -0.05) is 37.6 Å². The van der Waals surface area contributed by atoms with Gasteiger partial charge in [-0.15, -0.1) is 0 Å². The molecule has 2 rings (SSSR count). The van der Waals surface area contributed by atoms with E-state index >= 15 is 0 Å². The lowest BCUT2D eigenvalue weighted by Crippen LogP contribution is -2.03. The lowest BCUT2D eigenvalue weighted by atomic mass is 10.0. The first kappa shape index (κ1) is 13.2. The molecule has 0 aliphatic carbocycles. The second kappa shape index (κ2) is 6.09. The summed E-state index contributed by atoms with van der Waals surface area (Å²) >= 11 is 0. The van der Waals surface area contributed by atoms with Gasteiger partial charge in [0.25, 0.3) is 0 Å². The molecule has 0 aliphatic rings. The third-order valence-corrected chi connectivity index (χ3v) is 2.90. The van der Waals surface area contributed by atoms with Crippen LogP contribution >= 0.6 is 0 Å². The Bertz CT molecular complexity index is 565. The fourth-order valence-electron chi connectivity index (χ4n) is 2.03. The predicted molar refractivity (Wildman–Crippen MR) is 72.8 cm³/mol. The van der Waals surface area contributed by atoms with Crippen molar-refractivity contribution >= 4 is 5.97 Å². The maximum Gasteiger partial charge on any atom is 0.307 e. The van der Waals surface area contributed by atoms with Crippen molar-refractivity contribution < 1.29 is 9.90 Å². The van der Waals surface area contributed by atoms with Crippen molar-refractivity contribution in [3.63, 3.8) is 0 Å². The van der Waals surface area contributed by atoms with Crippen LogP contribution in [0, 0.1) is 0 Å². The number of carboxylic acids is 1. The van der Waals surface area contributed by atoms with E-state index in [9.17, 15) is 4.79 Å². The highest BCUT2D eigenvalue weighted by atomic mass is 16.4. The highest BCUT2D eigenvalue weighted by Crippen LogP contribution is 2.21. The Balaban J connectivity index is 2.32. The normalized spacial score (nSPS) is 10.4. The molecule has 0 saturated carbocycles. The zero-order valence-electron chi connectivity index (χ0n) is 10.8. The van der Waals surface area contributed by atoms with Gasteiger partial charge in [-0.3, -0.25) is 4.79 Å². The second-order valence-electron chi connectivity index (χ2n) is 4.41. The van der Waals surface area contributed by atoms with E-state index in [0.717, 1.165) is 18.4 Å². The van der Waals surface area contributed by atoms with Crippen molar-refractivity contribution in [2.45, 2.75) is 26.2 Å². The first-order chi connectivity index (χ1) is 9.20. The predicted octanol–water partition coefficient (Wildman–Crippen LogP) is 2.72. The Kier molecular flexibility index (Phi) is 4.23. The average molecular weight is 256 g/mol. The molecule has 0 amide bonds. The monoisotopic (exact) mass is 256 g/mol. The molecular weight excluding hydrogens is 240 g/mol. The number of aryl methyl sites for hydroxylation is 1. The number of carbonyl (C=O) groups is 1. The summed E-state index contributed by atoms with van der Waals surface area (Å²) in [5.41, 5.74) is 3.54. The van der Waals surface area contributed by atoms with E-state index in [0.29, 0.717) is 11.3 Å². The van der Waals surface area contributed by atoms with Crippen molar-refractivity contribution in [2.24, 2.45) is 0 Å². The minimum absolute atomic E-state index is 0.0626. The largest absolute Gasteiger partial charge is 0.481 e. The van der Waals surface area contributed by atoms with Gasteiger partial charge >= 0.3 is 5.97 Å². The molecule has 1 aromatic heterocycles. The van der Waals surface area contributed by atoms with E-state index in [-0.39, 0.29) is 6.42 Å². The number of hydrogen-bond donors (Lipinski definition) is 1. The number of aliphatic carboxylic acids is 1. The van der Waals surface area contributed by atoms with Gasteiger partial charge in [0.1, 0.15) is 6.33 Å². The van der Waals surface area contributed by atoms with E-state index in [1.807, 2.05) is 12.1 Å². The molecule has 0 spiro atoms. The van der Waals surface area contributed by atoms with Gasteiger partial charge in [0.15, 0.2) is 0 Å². The van der Waals surface area contributed by atoms with Crippen LogP contribution in [-0.2, 0) is 17.6 Å². The summed E-state index contributed by atoms with van der Waals surface area (Å²) < 4.78 is 0. The van der Waals surface area contributed by atoms with Crippen molar-refractivity contribution in [2.75, 3.05) is 0 Å². The number of nitrogens with zero attached hydrogens (tertiary/aromatic N) is 2. The minimum Gasteiger partial charge on any atom is -0.481 e. The Hall–Kier alpha value is -2.23. The van der Waals surface area contributed by atoms with Crippen molar-refractivity contribution in [1.82, 2.24) is 9.97 Å². The van der Waals surface area contributed by atoms with Crippen molar-refractivity contribution in [3.05, 3.63) is 47.9 Å². The number of carboxylic acid groups (broad SMARTS) is 1. The van der Waals surface area contributed by atoms with Crippen LogP contribution in [0.2, 0.25) is 0 Å². The molecule has 1 aromatic carbocycles. The van der Waals surface area contributed by atoms with Crippen LogP contribution in [0.4, 0.5) is 0 Å². The van der Waals surface area contributed by atoms with Crippen LogP contribution in [0.15, 0.2) is 36.8 Å². The average Bonchev–Trinajstić information content (AvgIpc) is 2.40. The summed E-state index contributed by atoms with van der Waals surface area (Å²) in [6.07, 6.45) is 5.10. The molecule has 0 saturated heterocycles. The van der Waals surface area contributed by atoms with Gasteiger partial charge in [0, 0.05) is 17.3 Å². The second-order valence-corrected chi connectivity index (χ2v) is 4.41. The number of benzene rings is 1. The molecule has 19 heavy (non-hydrogen) atoms. The third-order valence-electron chi connectivity index (χ3n) is 2.90. The Morgan fingerprint density at radius 3 is 2.63 bits per heavy atom. The first-order valence-corrected chi connectivity index (χ1v) is 6.30. The van der Waals surface area contributed by atoms with Gasteiger partial charge in [0.2, 0.25) is 0 Å². The van der Waals surface area contributed by atoms with E-state index in [1.54, 1.807) is 6.20 Å². The van der Waals surface area contributed by atoms with Crippen LogP contribution in [0.5, 0.6) is 0 Å². The van der Waals surface area contributed by atoms with E-state index in [2.05, 4.69) is 29.0 Å². The van der Waals surface area contributed by atoms with Gasteiger partial charge in [0.05, 0.1) is 12.1 Å². The molecule has 0 fully saturated rings.